The van der Waals surface area contributed by atoms with E-state index in [4.69, 9.17) is 20.6 Å². The molecule has 1 fully saturated rings. The standard InChI is InChI=1S/C24H21IN2O6S/c1-4-10-33-22-18(25)11-15(12-19(22)32-5-2)13-20-23(29)27(24(30)34-20)14-21(28)26-16-6-8-17(31-3)9-7-16/h1,6-9,11-13H,5,10,14H2,2-3H3,(H,26,28)/b20-13+. The van der Waals surface area contributed by atoms with Crippen molar-refractivity contribution < 1.29 is 28.6 Å². The number of anilines is 1. The number of nitrogens with zero attached hydrogens (tertiary/aromatic N) is 1. The number of thioether (sulfide) groups is 1. The number of ether oxygens (including phenoxy) is 3. The van der Waals surface area contributed by atoms with Gasteiger partial charge in [0.25, 0.3) is 11.1 Å². The van der Waals surface area contributed by atoms with Gasteiger partial charge in [-0.05, 0) is 89.3 Å². The summed E-state index contributed by atoms with van der Waals surface area (Å²) in [6, 6.07) is 10.2. The molecule has 0 aliphatic carbocycles. The second kappa shape index (κ2) is 11.8. The minimum atomic E-state index is -0.541. The van der Waals surface area contributed by atoms with Crippen LogP contribution in [-0.2, 0) is 9.59 Å². The van der Waals surface area contributed by atoms with Gasteiger partial charge in [-0.25, -0.2) is 0 Å². The van der Waals surface area contributed by atoms with Crippen LogP contribution in [0.2, 0.25) is 0 Å². The van der Waals surface area contributed by atoms with Gasteiger partial charge >= 0.3 is 0 Å². The maximum atomic E-state index is 12.8. The van der Waals surface area contributed by atoms with Crippen LogP contribution in [-0.4, -0.2) is 48.8 Å². The maximum absolute atomic E-state index is 12.8. The molecule has 0 bridgehead atoms. The summed E-state index contributed by atoms with van der Waals surface area (Å²) >= 11 is 2.86. The molecule has 2 aromatic rings. The van der Waals surface area contributed by atoms with Gasteiger partial charge in [-0.2, -0.15) is 0 Å². The summed E-state index contributed by atoms with van der Waals surface area (Å²) in [4.78, 5) is 38.8. The summed E-state index contributed by atoms with van der Waals surface area (Å²) < 4.78 is 17.1. The van der Waals surface area contributed by atoms with Gasteiger partial charge in [-0.3, -0.25) is 19.3 Å². The largest absolute Gasteiger partial charge is 0.497 e. The third-order valence-electron chi connectivity index (χ3n) is 4.48. The number of amides is 3. The third kappa shape index (κ3) is 6.24. The predicted molar refractivity (Wildman–Crippen MR) is 139 cm³/mol. The average Bonchev–Trinajstić information content (AvgIpc) is 3.06. The molecule has 1 aliphatic heterocycles. The fraction of sp³-hybridized carbons (Fsp3) is 0.208. The lowest BCUT2D eigenvalue weighted by atomic mass is 10.2. The van der Waals surface area contributed by atoms with Crippen LogP contribution in [0.15, 0.2) is 41.3 Å². The lowest BCUT2D eigenvalue weighted by Crippen LogP contribution is -2.36. The van der Waals surface area contributed by atoms with E-state index >= 15 is 0 Å². The highest BCUT2D eigenvalue weighted by molar-refractivity contribution is 14.1. The van der Waals surface area contributed by atoms with Crippen molar-refractivity contribution in [3.63, 3.8) is 0 Å². The second-order valence-corrected chi connectivity index (χ2v) is 8.96. The monoisotopic (exact) mass is 592 g/mol. The molecule has 176 valence electrons. The minimum Gasteiger partial charge on any atom is -0.497 e. The van der Waals surface area contributed by atoms with Crippen molar-refractivity contribution in [2.45, 2.75) is 6.92 Å². The molecule has 8 nitrogen and oxygen atoms in total. The molecule has 0 aromatic heterocycles. The lowest BCUT2D eigenvalue weighted by Gasteiger charge is -2.14. The molecule has 2 aromatic carbocycles. The molecule has 0 radical (unpaired) electrons. The maximum Gasteiger partial charge on any atom is 0.294 e. The molecule has 0 atom stereocenters. The molecule has 0 saturated carbocycles. The molecular weight excluding hydrogens is 571 g/mol. The Morgan fingerprint density at radius 1 is 1.24 bits per heavy atom. The van der Waals surface area contributed by atoms with E-state index in [9.17, 15) is 14.4 Å². The number of imide groups is 1. The number of hydrogen-bond donors (Lipinski definition) is 1. The molecule has 34 heavy (non-hydrogen) atoms. The Morgan fingerprint density at radius 2 is 1.97 bits per heavy atom. The highest BCUT2D eigenvalue weighted by Crippen LogP contribution is 2.37. The van der Waals surface area contributed by atoms with Crippen molar-refractivity contribution in [1.29, 1.82) is 0 Å². The number of benzene rings is 2. The van der Waals surface area contributed by atoms with E-state index in [1.807, 2.05) is 6.92 Å². The van der Waals surface area contributed by atoms with E-state index in [0.717, 1.165) is 20.2 Å². The SMILES string of the molecule is C#CCOc1c(I)cc(/C=C2/SC(=O)N(CC(=O)Nc3ccc(OC)cc3)C2=O)cc1OCC. The quantitative estimate of drug-likeness (QED) is 0.263. The Bertz CT molecular complexity index is 1170. The van der Waals surface area contributed by atoms with Crippen LogP contribution >= 0.6 is 34.4 Å². The number of halogens is 1. The van der Waals surface area contributed by atoms with Gasteiger partial charge in [0.1, 0.15) is 18.9 Å². The first kappa shape index (κ1) is 25.5. The van der Waals surface area contributed by atoms with Crippen LogP contribution in [0.5, 0.6) is 17.2 Å². The van der Waals surface area contributed by atoms with Gasteiger partial charge in [-0.15, -0.1) is 6.42 Å². The summed E-state index contributed by atoms with van der Waals surface area (Å²) in [5, 5.41) is 2.14. The Balaban J connectivity index is 1.74. The van der Waals surface area contributed by atoms with E-state index in [2.05, 4.69) is 33.8 Å². The number of carbonyl (C=O) groups is 3. The zero-order chi connectivity index (χ0) is 24.7. The molecule has 1 aliphatic rings. The van der Waals surface area contributed by atoms with Crippen LogP contribution in [0, 0.1) is 15.9 Å². The molecule has 3 amide bonds. The molecule has 10 heteroatoms. The van der Waals surface area contributed by atoms with Crippen LogP contribution in [0.25, 0.3) is 6.08 Å². The van der Waals surface area contributed by atoms with E-state index in [0.29, 0.717) is 35.1 Å². The van der Waals surface area contributed by atoms with Gasteiger partial charge in [-0.1, -0.05) is 5.92 Å². The molecule has 1 heterocycles. The van der Waals surface area contributed by atoms with E-state index in [1.165, 1.54) is 0 Å². The predicted octanol–water partition coefficient (Wildman–Crippen LogP) is 4.39. The van der Waals surface area contributed by atoms with Crippen LogP contribution in [0.4, 0.5) is 10.5 Å². The Hall–Kier alpha value is -3.17. The van der Waals surface area contributed by atoms with Crippen LogP contribution in [0.1, 0.15) is 12.5 Å². The molecule has 1 saturated heterocycles. The summed E-state index contributed by atoms with van der Waals surface area (Å²) in [5.41, 5.74) is 1.17. The number of carbonyl (C=O) groups excluding carboxylic acids is 3. The molecule has 3 rings (SSSR count). The molecule has 1 N–H and O–H groups in total. The molecular formula is C24H21IN2O6S. The smallest absolute Gasteiger partial charge is 0.294 e. The van der Waals surface area contributed by atoms with Gasteiger partial charge in [0.05, 0.1) is 22.2 Å². The molecule has 0 spiro atoms. The van der Waals surface area contributed by atoms with Crippen molar-refractivity contribution >= 4 is 63.2 Å². The number of hydrogen-bond acceptors (Lipinski definition) is 7. The second-order valence-electron chi connectivity index (χ2n) is 6.80. The Morgan fingerprint density at radius 3 is 2.62 bits per heavy atom. The first-order valence-electron chi connectivity index (χ1n) is 10.1. The Labute approximate surface area is 215 Å². The lowest BCUT2D eigenvalue weighted by molar-refractivity contribution is -0.127. The zero-order valence-corrected chi connectivity index (χ0v) is 21.4. The van der Waals surface area contributed by atoms with Crippen molar-refractivity contribution in [1.82, 2.24) is 4.90 Å². The summed E-state index contributed by atoms with van der Waals surface area (Å²) in [6.07, 6.45) is 6.87. The normalized spacial score (nSPS) is 14.2. The van der Waals surface area contributed by atoms with Crippen molar-refractivity contribution in [2.24, 2.45) is 0 Å². The first-order valence-corrected chi connectivity index (χ1v) is 12.0. The van der Waals surface area contributed by atoms with Gasteiger partial charge in [0, 0.05) is 5.69 Å². The highest BCUT2D eigenvalue weighted by Gasteiger charge is 2.36. The summed E-state index contributed by atoms with van der Waals surface area (Å²) in [5.74, 6) is 3.03. The van der Waals surface area contributed by atoms with Gasteiger partial charge < -0.3 is 19.5 Å². The fourth-order valence-electron chi connectivity index (χ4n) is 2.99. The highest BCUT2D eigenvalue weighted by atomic mass is 127. The fourth-order valence-corrected chi connectivity index (χ4v) is 4.61. The van der Waals surface area contributed by atoms with Crippen molar-refractivity contribution in [3.05, 3.63) is 50.4 Å². The summed E-state index contributed by atoms with van der Waals surface area (Å²) in [6.45, 7) is 1.94. The van der Waals surface area contributed by atoms with E-state index in [-0.39, 0.29) is 11.5 Å². The number of nitrogens with one attached hydrogen (secondary N) is 1. The van der Waals surface area contributed by atoms with Crippen molar-refractivity contribution in [3.8, 4) is 29.6 Å². The first-order chi connectivity index (χ1) is 16.4. The number of terminal acetylenes is 1. The van der Waals surface area contributed by atoms with Gasteiger partial charge in [0.2, 0.25) is 5.91 Å². The average molecular weight is 592 g/mol. The molecule has 0 unspecified atom stereocenters. The van der Waals surface area contributed by atoms with E-state index in [1.54, 1.807) is 49.6 Å². The topological polar surface area (TPSA) is 94.2 Å². The number of methoxy groups -OCH3 is 1. The van der Waals surface area contributed by atoms with Gasteiger partial charge in [0.15, 0.2) is 11.5 Å². The van der Waals surface area contributed by atoms with Crippen LogP contribution < -0.4 is 19.5 Å². The Kier molecular flexibility index (Phi) is 8.84. The summed E-state index contributed by atoms with van der Waals surface area (Å²) in [7, 11) is 1.54. The van der Waals surface area contributed by atoms with Crippen molar-refractivity contribution in [2.75, 3.05) is 32.2 Å². The van der Waals surface area contributed by atoms with Crippen LogP contribution in [0.3, 0.4) is 0 Å². The van der Waals surface area contributed by atoms with E-state index < -0.39 is 23.6 Å². The number of rotatable bonds is 9. The zero-order valence-electron chi connectivity index (χ0n) is 18.4. The third-order valence-corrected chi connectivity index (χ3v) is 6.19. The minimum absolute atomic E-state index is 0.0902.